The highest BCUT2D eigenvalue weighted by atomic mass is 16.4. The Bertz CT molecular complexity index is 557. The number of oxazole rings is 1. The van der Waals surface area contributed by atoms with Crippen LogP contribution in [0, 0.1) is 6.92 Å². The summed E-state index contributed by atoms with van der Waals surface area (Å²) in [6, 6.07) is 6.79. The van der Waals surface area contributed by atoms with Gasteiger partial charge in [-0.2, -0.15) is 4.98 Å². The molecule has 0 spiro atoms. The van der Waals surface area contributed by atoms with Gasteiger partial charge in [-0.3, -0.25) is 0 Å². The molecule has 0 bridgehead atoms. The van der Waals surface area contributed by atoms with Gasteiger partial charge in [0.15, 0.2) is 5.76 Å². The van der Waals surface area contributed by atoms with Gasteiger partial charge >= 0.3 is 0 Å². The molecule has 1 aromatic carbocycles. The van der Waals surface area contributed by atoms with E-state index in [0.717, 1.165) is 17.0 Å². The van der Waals surface area contributed by atoms with Crippen LogP contribution in [0.1, 0.15) is 29.7 Å². The highest BCUT2D eigenvalue weighted by Crippen LogP contribution is 2.30. The summed E-state index contributed by atoms with van der Waals surface area (Å²) in [5, 5.41) is 0. The number of nitrogens with two attached hydrogens (primary N) is 1. The van der Waals surface area contributed by atoms with E-state index < -0.39 is 0 Å². The molecule has 0 atom stereocenters. The number of benzene rings is 1. The highest BCUT2D eigenvalue weighted by Gasteiger charge is 2.14. The molecule has 3 nitrogen and oxygen atoms in total. The first-order valence-electron chi connectivity index (χ1n) is 6.09. The summed E-state index contributed by atoms with van der Waals surface area (Å²) in [7, 11) is 0. The van der Waals surface area contributed by atoms with Crippen molar-refractivity contribution >= 4 is 6.01 Å². The number of rotatable bonds is 1. The van der Waals surface area contributed by atoms with E-state index in [1.807, 2.05) is 6.92 Å². The number of hydrogen-bond donors (Lipinski definition) is 1. The van der Waals surface area contributed by atoms with Crippen LogP contribution in [0.4, 0.5) is 6.01 Å². The summed E-state index contributed by atoms with van der Waals surface area (Å²) in [6.07, 6.45) is 4.97. The van der Waals surface area contributed by atoms with Crippen molar-refractivity contribution in [3.8, 4) is 11.3 Å². The number of hydrogen-bond acceptors (Lipinski definition) is 3. The third kappa shape index (κ3) is 1.82. The predicted molar refractivity (Wildman–Crippen MR) is 67.7 cm³/mol. The zero-order valence-electron chi connectivity index (χ0n) is 9.99. The van der Waals surface area contributed by atoms with Crippen molar-refractivity contribution in [1.29, 1.82) is 0 Å². The molecule has 0 amide bonds. The van der Waals surface area contributed by atoms with Crippen molar-refractivity contribution in [2.24, 2.45) is 0 Å². The van der Waals surface area contributed by atoms with Crippen LogP contribution in [0.3, 0.4) is 0 Å². The van der Waals surface area contributed by atoms with Gasteiger partial charge in [-0.05, 0) is 49.8 Å². The lowest BCUT2D eigenvalue weighted by atomic mass is 9.90. The minimum absolute atomic E-state index is 0.246. The highest BCUT2D eigenvalue weighted by molar-refractivity contribution is 5.62. The van der Waals surface area contributed by atoms with Crippen LogP contribution < -0.4 is 5.73 Å². The molecule has 0 radical (unpaired) electrons. The molecule has 17 heavy (non-hydrogen) atoms. The third-order valence-corrected chi connectivity index (χ3v) is 3.42. The second kappa shape index (κ2) is 3.91. The van der Waals surface area contributed by atoms with Crippen molar-refractivity contribution in [3.05, 3.63) is 35.0 Å². The summed E-state index contributed by atoms with van der Waals surface area (Å²) in [5.74, 6) is 0.802. The molecule has 1 aliphatic rings. The SMILES string of the molecule is Cc1nc(N)oc1-c1ccc2c(c1)CCCC2. The molecule has 0 saturated carbocycles. The van der Waals surface area contributed by atoms with Gasteiger partial charge < -0.3 is 10.2 Å². The first-order chi connectivity index (χ1) is 8.24. The number of nitrogen functional groups attached to an aromatic ring is 1. The second-order valence-corrected chi connectivity index (χ2v) is 4.66. The minimum atomic E-state index is 0.246. The summed E-state index contributed by atoms with van der Waals surface area (Å²) in [5.41, 5.74) is 10.5. The van der Waals surface area contributed by atoms with Gasteiger partial charge in [-0.1, -0.05) is 12.1 Å². The number of aryl methyl sites for hydroxylation is 3. The third-order valence-electron chi connectivity index (χ3n) is 3.42. The van der Waals surface area contributed by atoms with Crippen LogP contribution in [0.25, 0.3) is 11.3 Å². The van der Waals surface area contributed by atoms with Crippen molar-refractivity contribution in [1.82, 2.24) is 4.98 Å². The molecule has 2 N–H and O–H groups in total. The van der Waals surface area contributed by atoms with Gasteiger partial charge in [-0.25, -0.2) is 0 Å². The molecule has 3 rings (SSSR count). The average Bonchev–Trinajstić information content (AvgIpc) is 2.68. The smallest absolute Gasteiger partial charge is 0.292 e. The monoisotopic (exact) mass is 228 g/mol. The van der Waals surface area contributed by atoms with E-state index in [1.165, 1.54) is 36.8 Å². The zero-order chi connectivity index (χ0) is 11.8. The van der Waals surface area contributed by atoms with E-state index in [1.54, 1.807) is 0 Å². The molecule has 1 heterocycles. The van der Waals surface area contributed by atoms with E-state index in [2.05, 4.69) is 23.2 Å². The fourth-order valence-corrected chi connectivity index (χ4v) is 2.56. The minimum Gasteiger partial charge on any atom is -0.423 e. The lowest BCUT2D eigenvalue weighted by molar-refractivity contribution is 0.593. The van der Waals surface area contributed by atoms with E-state index >= 15 is 0 Å². The van der Waals surface area contributed by atoms with Gasteiger partial charge in [-0.15, -0.1) is 0 Å². The Morgan fingerprint density at radius 2 is 1.94 bits per heavy atom. The number of anilines is 1. The number of nitrogens with zero attached hydrogens (tertiary/aromatic N) is 1. The Balaban J connectivity index is 2.06. The summed E-state index contributed by atoms with van der Waals surface area (Å²) >= 11 is 0. The van der Waals surface area contributed by atoms with E-state index in [4.69, 9.17) is 10.2 Å². The molecule has 1 aromatic heterocycles. The number of aromatic nitrogens is 1. The van der Waals surface area contributed by atoms with Crippen LogP contribution in [0.5, 0.6) is 0 Å². The van der Waals surface area contributed by atoms with Gasteiger partial charge in [0, 0.05) is 5.56 Å². The first-order valence-corrected chi connectivity index (χ1v) is 6.09. The van der Waals surface area contributed by atoms with Crippen molar-refractivity contribution in [2.45, 2.75) is 32.6 Å². The Hall–Kier alpha value is -1.77. The zero-order valence-corrected chi connectivity index (χ0v) is 9.99. The summed E-state index contributed by atoms with van der Waals surface area (Å²) < 4.78 is 5.46. The standard InChI is InChI=1S/C14H16N2O/c1-9-13(17-14(15)16-9)12-7-6-10-4-2-3-5-11(10)8-12/h6-8H,2-5H2,1H3,(H2,15,16). The summed E-state index contributed by atoms with van der Waals surface area (Å²) in [6.45, 7) is 1.93. The van der Waals surface area contributed by atoms with Gasteiger partial charge in [0.25, 0.3) is 6.01 Å². The Morgan fingerprint density at radius 3 is 2.65 bits per heavy atom. The Kier molecular flexibility index (Phi) is 2.39. The second-order valence-electron chi connectivity index (χ2n) is 4.66. The van der Waals surface area contributed by atoms with Crippen LogP contribution in [-0.4, -0.2) is 4.98 Å². The average molecular weight is 228 g/mol. The molecule has 1 aliphatic carbocycles. The normalized spacial score (nSPS) is 14.6. The largest absolute Gasteiger partial charge is 0.423 e. The lowest BCUT2D eigenvalue weighted by Gasteiger charge is -2.16. The molecule has 0 unspecified atom stereocenters. The van der Waals surface area contributed by atoms with Gasteiger partial charge in [0.2, 0.25) is 0 Å². The molecule has 2 aromatic rings. The fraction of sp³-hybridized carbons (Fsp3) is 0.357. The van der Waals surface area contributed by atoms with E-state index in [9.17, 15) is 0 Å². The van der Waals surface area contributed by atoms with Crippen LogP contribution in [-0.2, 0) is 12.8 Å². The molecule has 0 fully saturated rings. The molecule has 0 saturated heterocycles. The molecule has 88 valence electrons. The quantitative estimate of drug-likeness (QED) is 0.815. The van der Waals surface area contributed by atoms with E-state index in [0.29, 0.717) is 0 Å². The Labute approximate surface area is 101 Å². The topological polar surface area (TPSA) is 52.0 Å². The molecular weight excluding hydrogens is 212 g/mol. The van der Waals surface area contributed by atoms with Gasteiger partial charge in [0.1, 0.15) is 0 Å². The van der Waals surface area contributed by atoms with Crippen LogP contribution in [0.2, 0.25) is 0 Å². The molecule has 3 heteroatoms. The molecular formula is C14H16N2O. The Morgan fingerprint density at radius 1 is 1.18 bits per heavy atom. The molecule has 0 aliphatic heterocycles. The first kappa shape index (κ1) is 10.4. The van der Waals surface area contributed by atoms with Crippen molar-refractivity contribution < 1.29 is 4.42 Å². The van der Waals surface area contributed by atoms with Crippen LogP contribution in [0.15, 0.2) is 22.6 Å². The predicted octanol–water partition coefficient (Wildman–Crippen LogP) is 3.11. The lowest BCUT2D eigenvalue weighted by Crippen LogP contribution is -2.02. The maximum atomic E-state index is 5.58. The maximum Gasteiger partial charge on any atom is 0.292 e. The van der Waals surface area contributed by atoms with Gasteiger partial charge in [0.05, 0.1) is 5.69 Å². The number of fused-ring (bicyclic) bond motifs is 1. The van der Waals surface area contributed by atoms with Crippen LogP contribution >= 0.6 is 0 Å². The van der Waals surface area contributed by atoms with Crippen molar-refractivity contribution in [3.63, 3.8) is 0 Å². The maximum absolute atomic E-state index is 5.58. The van der Waals surface area contributed by atoms with Crippen molar-refractivity contribution in [2.75, 3.05) is 5.73 Å². The summed E-state index contributed by atoms with van der Waals surface area (Å²) in [4.78, 5) is 4.11. The van der Waals surface area contributed by atoms with E-state index in [-0.39, 0.29) is 6.01 Å². The fourth-order valence-electron chi connectivity index (χ4n) is 2.56.